The molecule has 0 saturated carbocycles. The molecule has 0 saturated heterocycles. The maximum atomic E-state index is 10.4. The Kier molecular flexibility index (Phi) is 4.85. The summed E-state index contributed by atoms with van der Waals surface area (Å²) in [5.74, 6) is -1.26. The van der Waals surface area contributed by atoms with E-state index in [4.69, 9.17) is 1.37 Å². The summed E-state index contributed by atoms with van der Waals surface area (Å²) in [5, 5.41) is 10.4. The number of carbonyl (C=O) groups is 1. The zero-order valence-corrected chi connectivity index (χ0v) is 10.3. The van der Waals surface area contributed by atoms with Crippen LogP contribution in [0.15, 0.2) is 0 Å². The normalized spacial score (nSPS) is 18.2. The summed E-state index contributed by atoms with van der Waals surface area (Å²) in [6, 6.07) is 0. The molecule has 0 amide bonds. The van der Waals surface area contributed by atoms with E-state index in [1.165, 1.54) is 6.92 Å². The zero-order chi connectivity index (χ0) is 8.58. The Morgan fingerprint density at radius 3 is 1.90 bits per heavy atom. The van der Waals surface area contributed by atoms with Crippen molar-refractivity contribution in [2.24, 2.45) is 0 Å². The average Bonchev–Trinajstić information content (AvgIpc) is 1.62. The van der Waals surface area contributed by atoms with E-state index in [1.807, 2.05) is 19.6 Å². The van der Waals surface area contributed by atoms with Crippen LogP contribution in [0.2, 0.25) is 25.2 Å². The van der Waals surface area contributed by atoms with Gasteiger partial charge < -0.3 is 9.90 Å². The van der Waals surface area contributed by atoms with Crippen LogP contribution in [0, 0.1) is 0 Å². The van der Waals surface area contributed by atoms with Crippen LogP contribution in [-0.2, 0) is 4.79 Å². The van der Waals surface area contributed by atoms with Gasteiger partial charge in [-0.15, -0.1) is 0 Å². The number of carbonyl (C=O) groups excluding carboxylic acids is 1. The Balaban J connectivity index is 0. The van der Waals surface area contributed by atoms with Gasteiger partial charge in [-0.2, -0.15) is 0 Å². The van der Waals surface area contributed by atoms with E-state index in [1.54, 1.807) is 0 Å². The monoisotopic (exact) mass is 169 g/mol. The Bertz CT molecular complexity index is 153. The zero-order valence-electron chi connectivity index (χ0n) is 8.32. The van der Waals surface area contributed by atoms with Crippen LogP contribution in [0.5, 0.6) is 0 Å². The van der Waals surface area contributed by atoms with Crippen molar-refractivity contribution in [2.45, 2.75) is 32.1 Å². The van der Waals surface area contributed by atoms with Gasteiger partial charge in [0, 0.05) is 7.34 Å². The SMILES string of the molecule is [2H]C(C)(C(=O)[O-])[Si](C)(C)C.[Na+]. The average molecular weight is 169 g/mol. The molecule has 0 spiro atoms. The standard InChI is InChI=1S/C6H14O2Si.Na/c1-5(6(7)8)9(2,3)4;/h5H,1-4H3,(H,7,8);/q;+1/p-1/i5D;. The summed E-state index contributed by atoms with van der Waals surface area (Å²) in [4.78, 5) is 10.4. The van der Waals surface area contributed by atoms with E-state index in [0.717, 1.165) is 0 Å². The van der Waals surface area contributed by atoms with Crippen molar-refractivity contribution in [1.29, 1.82) is 0 Å². The van der Waals surface area contributed by atoms with E-state index in [0.29, 0.717) is 0 Å². The second-order valence-electron chi connectivity index (χ2n) is 3.16. The number of hydrogen-bond donors (Lipinski definition) is 0. The smallest absolute Gasteiger partial charge is 0.550 e. The molecular formula is C6H13NaO2Si. The second-order valence-corrected chi connectivity index (χ2v) is 8.41. The number of aliphatic carboxylic acids is 1. The van der Waals surface area contributed by atoms with Crippen molar-refractivity contribution in [3.63, 3.8) is 0 Å². The summed E-state index contributed by atoms with van der Waals surface area (Å²) in [6.07, 6.45) is 0. The summed E-state index contributed by atoms with van der Waals surface area (Å²) in [5.41, 5.74) is -1.37. The molecule has 0 aromatic rings. The van der Waals surface area contributed by atoms with Crippen molar-refractivity contribution in [2.75, 3.05) is 0 Å². The minimum Gasteiger partial charge on any atom is -0.550 e. The van der Waals surface area contributed by atoms with Crippen molar-refractivity contribution >= 4 is 14.0 Å². The van der Waals surface area contributed by atoms with E-state index in [9.17, 15) is 9.90 Å². The van der Waals surface area contributed by atoms with Crippen LogP contribution in [0.1, 0.15) is 8.29 Å². The molecule has 0 aliphatic heterocycles. The molecule has 0 rings (SSSR count). The Hall–Kier alpha value is 0.687. The van der Waals surface area contributed by atoms with E-state index >= 15 is 0 Å². The van der Waals surface area contributed by atoms with E-state index in [-0.39, 0.29) is 29.6 Å². The third kappa shape index (κ3) is 4.49. The fourth-order valence-electron chi connectivity index (χ4n) is 0.306. The van der Waals surface area contributed by atoms with Crippen molar-refractivity contribution in [3.05, 3.63) is 0 Å². The molecule has 0 fully saturated rings. The number of hydrogen-bond acceptors (Lipinski definition) is 2. The molecule has 1 unspecified atom stereocenters. The largest absolute Gasteiger partial charge is 1.00 e. The quantitative estimate of drug-likeness (QED) is 0.428. The van der Waals surface area contributed by atoms with Gasteiger partial charge in [0.2, 0.25) is 0 Å². The first-order chi connectivity index (χ1) is 4.19. The summed E-state index contributed by atoms with van der Waals surface area (Å²) < 4.78 is 7.43. The second kappa shape index (κ2) is 4.54. The molecule has 0 heterocycles. The van der Waals surface area contributed by atoms with Gasteiger partial charge in [0.15, 0.2) is 0 Å². The van der Waals surface area contributed by atoms with Gasteiger partial charge in [-0.05, 0) is 5.52 Å². The van der Waals surface area contributed by atoms with Gasteiger partial charge in [-0.1, -0.05) is 26.6 Å². The summed E-state index contributed by atoms with van der Waals surface area (Å²) in [6.45, 7) is 6.94. The van der Waals surface area contributed by atoms with Gasteiger partial charge in [0.1, 0.15) is 0 Å². The van der Waals surface area contributed by atoms with Crippen LogP contribution in [-0.4, -0.2) is 14.0 Å². The van der Waals surface area contributed by atoms with Crippen molar-refractivity contribution < 1.29 is 40.8 Å². The van der Waals surface area contributed by atoms with Gasteiger partial charge in [-0.3, -0.25) is 0 Å². The van der Waals surface area contributed by atoms with Crippen LogP contribution in [0.3, 0.4) is 0 Å². The fraction of sp³-hybridized carbons (Fsp3) is 0.833. The Morgan fingerprint density at radius 2 is 1.90 bits per heavy atom. The summed E-state index contributed by atoms with van der Waals surface area (Å²) >= 11 is 0. The molecule has 4 heteroatoms. The van der Waals surface area contributed by atoms with Gasteiger partial charge in [0.25, 0.3) is 0 Å². The first-order valence-electron chi connectivity index (χ1n) is 3.41. The first kappa shape index (κ1) is 10.7. The molecule has 0 radical (unpaired) electrons. The van der Waals surface area contributed by atoms with Crippen LogP contribution in [0.4, 0.5) is 0 Å². The van der Waals surface area contributed by atoms with Gasteiger partial charge >= 0.3 is 29.6 Å². The van der Waals surface area contributed by atoms with Crippen LogP contribution >= 0.6 is 0 Å². The first-order valence-corrected chi connectivity index (χ1v) is 6.41. The molecule has 0 bridgehead atoms. The molecule has 0 aliphatic rings. The topological polar surface area (TPSA) is 40.1 Å². The molecule has 0 aromatic carbocycles. The van der Waals surface area contributed by atoms with Crippen molar-refractivity contribution in [3.8, 4) is 0 Å². The molecule has 2 nitrogen and oxygen atoms in total. The number of carboxylic acid groups (broad SMARTS) is 1. The van der Waals surface area contributed by atoms with Gasteiger partial charge in [0.05, 0.1) is 8.07 Å². The van der Waals surface area contributed by atoms with E-state index in [2.05, 4.69) is 0 Å². The molecule has 0 aromatic heterocycles. The van der Waals surface area contributed by atoms with Crippen LogP contribution in [0.25, 0.3) is 0 Å². The minimum atomic E-state index is -1.94. The molecule has 0 N–H and O–H groups in total. The molecule has 10 heavy (non-hydrogen) atoms. The number of rotatable bonds is 2. The van der Waals surface area contributed by atoms with Gasteiger partial charge in [-0.25, -0.2) is 0 Å². The molecular weight excluding hydrogens is 155 g/mol. The molecule has 54 valence electrons. The molecule has 0 aliphatic carbocycles. The predicted molar refractivity (Wildman–Crippen MR) is 37.8 cm³/mol. The fourth-order valence-corrected chi connectivity index (χ4v) is 0.919. The third-order valence-electron chi connectivity index (χ3n) is 1.43. The van der Waals surface area contributed by atoms with E-state index < -0.39 is 19.6 Å². The van der Waals surface area contributed by atoms with Crippen molar-refractivity contribution in [1.82, 2.24) is 0 Å². The summed E-state index contributed by atoms with van der Waals surface area (Å²) in [7, 11) is -1.94. The molecule has 1 atom stereocenters. The predicted octanol–water partition coefficient (Wildman–Crippen LogP) is -2.53. The Labute approximate surface area is 86.7 Å². The maximum Gasteiger partial charge on any atom is 1.00 e. The minimum absolute atomic E-state index is 0. The Morgan fingerprint density at radius 1 is 1.60 bits per heavy atom. The number of carboxylic acids is 1. The third-order valence-corrected chi connectivity index (χ3v) is 3.89. The van der Waals surface area contributed by atoms with Crippen LogP contribution < -0.4 is 34.7 Å². The maximum absolute atomic E-state index is 10.4.